The van der Waals surface area contributed by atoms with Gasteiger partial charge in [0, 0.05) is 5.41 Å². The van der Waals surface area contributed by atoms with E-state index in [1.165, 1.54) is 48.2 Å². The van der Waals surface area contributed by atoms with Crippen LogP contribution in [0.25, 0.3) is 0 Å². The van der Waals surface area contributed by atoms with Crippen LogP contribution < -0.4 is 0 Å². The smallest absolute Gasteiger partial charge is 0.0463 e. The second-order valence-electron chi connectivity index (χ2n) is 9.28. The lowest BCUT2D eigenvalue weighted by Gasteiger charge is -2.39. The van der Waals surface area contributed by atoms with E-state index in [0.29, 0.717) is 5.92 Å². The average Bonchev–Trinajstić information content (AvgIpc) is 2.92. The Balaban J connectivity index is 1.42. The van der Waals surface area contributed by atoms with Crippen molar-refractivity contribution in [2.24, 2.45) is 0 Å². The average molecular weight is 432 g/mol. The normalized spacial score (nSPS) is 15.4. The van der Waals surface area contributed by atoms with Crippen molar-refractivity contribution in [2.45, 2.75) is 30.6 Å². The van der Waals surface area contributed by atoms with Crippen molar-refractivity contribution < 1.29 is 0 Å². The van der Waals surface area contributed by atoms with Crippen molar-refractivity contribution in [1.82, 2.24) is 4.90 Å². The topological polar surface area (TPSA) is 3.24 Å². The van der Waals surface area contributed by atoms with Crippen molar-refractivity contribution in [3.8, 4) is 0 Å². The third-order valence-electron chi connectivity index (χ3n) is 7.46. The number of hydrogen-bond donors (Lipinski definition) is 0. The van der Waals surface area contributed by atoms with Crippen molar-refractivity contribution in [3.05, 3.63) is 144 Å². The number of nitrogens with zero attached hydrogens (tertiary/aromatic N) is 1. The Morgan fingerprint density at radius 1 is 0.545 bits per heavy atom. The molecule has 1 nitrogen and oxygen atoms in total. The first-order valence-electron chi connectivity index (χ1n) is 12.3. The Hall–Kier alpha value is -3.16. The zero-order valence-corrected chi connectivity index (χ0v) is 19.3. The van der Waals surface area contributed by atoms with Crippen LogP contribution in [-0.4, -0.2) is 24.5 Å². The van der Waals surface area contributed by atoms with Gasteiger partial charge in [0.15, 0.2) is 0 Å². The Labute approximate surface area is 198 Å². The maximum atomic E-state index is 2.68. The van der Waals surface area contributed by atoms with Crippen LogP contribution in [0.15, 0.2) is 121 Å². The van der Waals surface area contributed by atoms with Gasteiger partial charge in [-0.15, -0.1) is 0 Å². The summed E-state index contributed by atoms with van der Waals surface area (Å²) in [5.74, 6) is 0.699. The molecule has 1 aliphatic rings. The minimum atomic E-state index is -0.153. The summed E-state index contributed by atoms with van der Waals surface area (Å²) in [5, 5.41) is 0. The number of hydrogen-bond acceptors (Lipinski definition) is 1. The van der Waals surface area contributed by atoms with Crippen LogP contribution in [0.4, 0.5) is 0 Å². The van der Waals surface area contributed by atoms with Gasteiger partial charge in [-0.3, -0.25) is 0 Å². The first kappa shape index (κ1) is 21.7. The molecule has 0 atom stereocenters. The van der Waals surface area contributed by atoms with E-state index >= 15 is 0 Å². The van der Waals surface area contributed by atoms with Crippen molar-refractivity contribution in [2.75, 3.05) is 19.6 Å². The zero-order valence-electron chi connectivity index (χ0n) is 19.3. The van der Waals surface area contributed by atoms with Crippen molar-refractivity contribution >= 4 is 0 Å². The molecule has 0 saturated carbocycles. The summed E-state index contributed by atoms with van der Waals surface area (Å²) in [7, 11) is 0. The van der Waals surface area contributed by atoms with E-state index in [0.717, 1.165) is 13.0 Å². The first-order chi connectivity index (χ1) is 16.4. The Bertz CT molecular complexity index is 1000. The summed E-state index contributed by atoms with van der Waals surface area (Å²) in [6.45, 7) is 3.45. The van der Waals surface area contributed by atoms with Gasteiger partial charge >= 0.3 is 0 Å². The molecule has 0 amide bonds. The van der Waals surface area contributed by atoms with Crippen LogP contribution in [0.3, 0.4) is 0 Å². The Morgan fingerprint density at radius 2 is 0.939 bits per heavy atom. The van der Waals surface area contributed by atoms with Crippen LogP contribution in [0, 0.1) is 0 Å². The molecule has 33 heavy (non-hydrogen) atoms. The molecule has 1 saturated heterocycles. The summed E-state index contributed by atoms with van der Waals surface area (Å²) in [4.78, 5) is 2.68. The molecule has 166 valence electrons. The molecule has 0 unspecified atom stereocenters. The standard InChI is InChI=1S/C32H33N/c1-5-13-27(14-6-1)28-21-24-33(25-22-28)26-23-32(29-15-7-2-8-16-29,30-17-9-3-10-18-30)31-19-11-4-12-20-31/h1-20,28H,21-26H2. The van der Waals surface area contributed by atoms with Gasteiger partial charge in [0.1, 0.15) is 0 Å². The molecule has 1 aliphatic heterocycles. The fourth-order valence-electron chi connectivity index (χ4n) is 5.64. The third kappa shape index (κ3) is 4.65. The maximum absolute atomic E-state index is 2.68. The summed E-state index contributed by atoms with van der Waals surface area (Å²) in [6, 6.07) is 44.4. The van der Waals surface area contributed by atoms with Crippen molar-refractivity contribution in [1.29, 1.82) is 0 Å². The van der Waals surface area contributed by atoms with Crippen molar-refractivity contribution in [3.63, 3.8) is 0 Å². The van der Waals surface area contributed by atoms with Gasteiger partial charge in [0.2, 0.25) is 0 Å². The molecule has 0 aliphatic carbocycles. The largest absolute Gasteiger partial charge is 0.303 e. The quantitative estimate of drug-likeness (QED) is 0.278. The van der Waals surface area contributed by atoms with Crippen LogP contribution in [0.5, 0.6) is 0 Å². The maximum Gasteiger partial charge on any atom is 0.0463 e. The SMILES string of the molecule is c1ccc(C2CCN(CCC(c3ccccc3)(c3ccccc3)c3ccccc3)CC2)cc1. The second-order valence-corrected chi connectivity index (χ2v) is 9.28. The molecule has 0 bridgehead atoms. The minimum absolute atomic E-state index is 0.153. The van der Waals surface area contributed by atoms with E-state index < -0.39 is 0 Å². The summed E-state index contributed by atoms with van der Waals surface area (Å²) in [6.07, 6.45) is 3.57. The molecule has 0 aromatic heterocycles. The van der Waals surface area contributed by atoms with E-state index in [2.05, 4.69) is 126 Å². The summed E-state index contributed by atoms with van der Waals surface area (Å²) < 4.78 is 0. The number of likely N-dealkylation sites (tertiary alicyclic amines) is 1. The molecule has 1 heterocycles. The van der Waals surface area contributed by atoms with Crippen LogP contribution in [-0.2, 0) is 5.41 Å². The highest BCUT2D eigenvalue weighted by molar-refractivity contribution is 5.50. The fraction of sp³-hybridized carbons (Fsp3) is 0.250. The molecular formula is C32H33N. The van der Waals surface area contributed by atoms with Gasteiger partial charge in [-0.2, -0.15) is 0 Å². The highest BCUT2D eigenvalue weighted by Crippen LogP contribution is 2.42. The number of piperidine rings is 1. The minimum Gasteiger partial charge on any atom is -0.303 e. The predicted octanol–water partition coefficient (Wildman–Crippen LogP) is 7.29. The van der Waals surface area contributed by atoms with Gasteiger partial charge in [0.05, 0.1) is 0 Å². The summed E-state index contributed by atoms with van der Waals surface area (Å²) in [5.41, 5.74) is 5.48. The lowest BCUT2D eigenvalue weighted by atomic mass is 9.67. The van der Waals surface area contributed by atoms with Crippen LogP contribution >= 0.6 is 0 Å². The van der Waals surface area contributed by atoms with Gasteiger partial charge < -0.3 is 4.90 Å². The van der Waals surface area contributed by atoms with E-state index in [-0.39, 0.29) is 5.41 Å². The Morgan fingerprint density at radius 3 is 1.36 bits per heavy atom. The number of rotatable bonds is 7. The molecular weight excluding hydrogens is 398 g/mol. The van der Waals surface area contributed by atoms with Crippen LogP contribution in [0.2, 0.25) is 0 Å². The number of benzene rings is 4. The monoisotopic (exact) mass is 431 g/mol. The zero-order chi connectivity index (χ0) is 22.3. The molecule has 0 radical (unpaired) electrons. The van der Waals surface area contributed by atoms with E-state index in [9.17, 15) is 0 Å². The fourth-order valence-corrected chi connectivity index (χ4v) is 5.64. The lowest BCUT2D eigenvalue weighted by molar-refractivity contribution is 0.201. The van der Waals surface area contributed by atoms with E-state index in [4.69, 9.17) is 0 Å². The molecule has 1 heteroatoms. The highest BCUT2D eigenvalue weighted by atomic mass is 15.1. The van der Waals surface area contributed by atoms with Gasteiger partial charge in [-0.25, -0.2) is 0 Å². The van der Waals surface area contributed by atoms with Gasteiger partial charge in [-0.05, 0) is 67.1 Å². The molecule has 4 aromatic carbocycles. The molecule has 0 N–H and O–H groups in total. The van der Waals surface area contributed by atoms with Gasteiger partial charge in [0.25, 0.3) is 0 Å². The Kier molecular flexibility index (Phi) is 6.69. The molecule has 4 aromatic rings. The predicted molar refractivity (Wildman–Crippen MR) is 139 cm³/mol. The highest BCUT2D eigenvalue weighted by Gasteiger charge is 2.36. The molecule has 0 spiro atoms. The second kappa shape index (κ2) is 10.2. The van der Waals surface area contributed by atoms with E-state index in [1.54, 1.807) is 0 Å². The first-order valence-corrected chi connectivity index (χ1v) is 12.3. The summed E-state index contributed by atoms with van der Waals surface area (Å²) >= 11 is 0. The molecule has 5 rings (SSSR count). The third-order valence-corrected chi connectivity index (χ3v) is 7.46. The van der Waals surface area contributed by atoms with E-state index in [1.807, 2.05) is 0 Å². The van der Waals surface area contributed by atoms with Crippen LogP contribution in [0.1, 0.15) is 47.4 Å². The molecule has 1 fully saturated rings. The van der Waals surface area contributed by atoms with Gasteiger partial charge in [-0.1, -0.05) is 121 Å². The lowest BCUT2D eigenvalue weighted by Crippen LogP contribution is -2.39.